The van der Waals surface area contributed by atoms with Gasteiger partial charge in [-0.25, -0.2) is 0 Å². The molecule has 0 spiro atoms. The minimum atomic E-state index is -0.142. The molecule has 142 valence electrons. The molecule has 0 aliphatic carbocycles. The van der Waals surface area contributed by atoms with Crippen LogP contribution in [-0.2, 0) is 11.2 Å². The fraction of sp³-hybridized carbons (Fsp3) is 0.650. The molecule has 1 aromatic rings. The van der Waals surface area contributed by atoms with Crippen molar-refractivity contribution in [3.8, 4) is 11.5 Å². The van der Waals surface area contributed by atoms with E-state index in [4.69, 9.17) is 16.3 Å². The Morgan fingerprint density at radius 2 is 1.64 bits per heavy atom. The molecule has 0 aliphatic rings. The van der Waals surface area contributed by atoms with Gasteiger partial charge in [-0.3, -0.25) is 4.79 Å². The maximum absolute atomic E-state index is 11.1. The van der Waals surface area contributed by atoms with Crippen LogP contribution in [0.15, 0.2) is 0 Å². The highest BCUT2D eigenvalue weighted by atomic mass is 35.5. The number of phenolic OH excluding ortho intramolecular Hbond substituents is 2. The van der Waals surface area contributed by atoms with Gasteiger partial charge in [-0.05, 0) is 37.7 Å². The van der Waals surface area contributed by atoms with Crippen LogP contribution in [0.4, 0.5) is 0 Å². The van der Waals surface area contributed by atoms with E-state index >= 15 is 0 Å². The van der Waals surface area contributed by atoms with Crippen molar-refractivity contribution in [2.24, 2.45) is 5.92 Å². The first-order chi connectivity index (χ1) is 11.9. The van der Waals surface area contributed by atoms with Gasteiger partial charge in [0.05, 0.1) is 10.6 Å². The highest BCUT2D eigenvalue weighted by Gasteiger charge is 2.19. The number of ether oxygens (including phenoxy) is 1. The molecule has 5 heteroatoms. The predicted octanol–water partition coefficient (Wildman–Crippen LogP) is 5.43. The quantitative estimate of drug-likeness (QED) is 0.380. The van der Waals surface area contributed by atoms with Crippen LogP contribution in [0.5, 0.6) is 11.5 Å². The van der Waals surface area contributed by atoms with E-state index in [-0.39, 0.29) is 22.1 Å². The number of carbonyl (C=O) groups is 1. The summed E-state index contributed by atoms with van der Waals surface area (Å²) in [5, 5.41) is 20.4. The van der Waals surface area contributed by atoms with Gasteiger partial charge in [-0.2, -0.15) is 0 Å². The third kappa shape index (κ3) is 6.87. The molecule has 0 bridgehead atoms. The average Bonchev–Trinajstić information content (AvgIpc) is 2.57. The van der Waals surface area contributed by atoms with Gasteiger partial charge in [-0.1, -0.05) is 51.1 Å². The smallest absolute Gasteiger partial charge is 0.154 e. The molecule has 25 heavy (non-hydrogen) atoms. The van der Waals surface area contributed by atoms with Crippen LogP contribution in [0.25, 0.3) is 0 Å². The summed E-state index contributed by atoms with van der Waals surface area (Å²) >= 11 is 6.05. The lowest BCUT2D eigenvalue weighted by Gasteiger charge is -2.13. The highest BCUT2D eigenvalue weighted by Crippen LogP contribution is 2.40. The van der Waals surface area contributed by atoms with Crippen molar-refractivity contribution >= 4 is 17.9 Å². The molecule has 0 fully saturated rings. The molecular formula is C20H31ClO4. The predicted molar refractivity (Wildman–Crippen MR) is 102 cm³/mol. The number of unbranched alkanes of at least 4 members (excludes halogenated alkanes) is 5. The topological polar surface area (TPSA) is 66.8 Å². The van der Waals surface area contributed by atoms with Crippen LogP contribution in [0.3, 0.4) is 0 Å². The maximum atomic E-state index is 11.1. The van der Waals surface area contributed by atoms with Gasteiger partial charge in [0.1, 0.15) is 11.5 Å². The van der Waals surface area contributed by atoms with E-state index in [1.54, 1.807) is 6.92 Å². The molecule has 0 heterocycles. The zero-order valence-electron chi connectivity index (χ0n) is 15.6. The second-order valence-electron chi connectivity index (χ2n) is 6.99. The summed E-state index contributed by atoms with van der Waals surface area (Å²) in [4.78, 5) is 11.1. The number of hydrogen-bond acceptors (Lipinski definition) is 4. The number of phenols is 2. The van der Waals surface area contributed by atoms with Crippen LogP contribution in [0.1, 0.15) is 73.9 Å². The molecule has 0 radical (unpaired) electrons. The highest BCUT2D eigenvalue weighted by molar-refractivity contribution is 6.33. The largest absolute Gasteiger partial charge is 0.507 e. The molecule has 0 saturated carbocycles. The van der Waals surface area contributed by atoms with Gasteiger partial charge < -0.3 is 14.9 Å². The number of aldehydes is 1. The van der Waals surface area contributed by atoms with Gasteiger partial charge >= 0.3 is 0 Å². The van der Waals surface area contributed by atoms with Crippen LogP contribution >= 0.6 is 11.6 Å². The van der Waals surface area contributed by atoms with Crippen LogP contribution < -0.4 is 0 Å². The molecule has 2 N–H and O–H groups in total. The summed E-state index contributed by atoms with van der Waals surface area (Å²) in [6, 6.07) is 0. The molecule has 0 unspecified atom stereocenters. The molecule has 0 atom stereocenters. The molecule has 1 rings (SSSR count). The lowest BCUT2D eigenvalue weighted by atomic mass is 9.98. The Hall–Kier alpha value is -1.26. The minimum Gasteiger partial charge on any atom is -0.507 e. The van der Waals surface area contributed by atoms with Crippen molar-refractivity contribution in [1.82, 2.24) is 0 Å². The first-order valence-electron chi connectivity index (χ1n) is 9.15. The van der Waals surface area contributed by atoms with Crippen molar-refractivity contribution in [3.63, 3.8) is 0 Å². The first kappa shape index (κ1) is 21.8. The van der Waals surface area contributed by atoms with Crippen molar-refractivity contribution in [2.45, 2.75) is 65.7 Å². The van der Waals surface area contributed by atoms with E-state index < -0.39 is 0 Å². The molecule has 0 amide bonds. The Bertz CT molecular complexity index is 555. The van der Waals surface area contributed by atoms with E-state index in [2.05, 4.69) is 13.8 Å². The van der Waals surface area contributed by atoms with Crippen LogP contribution in [0, 0.1) is 12.8 Å². The Morgan fingerprint density at radius 3 is 2.24 bits per heavy atom. The minimum absolute atomic E-state index is 0.107. The van der Waals surface area contributed by atoms with Gasteiger partial charge in [-0.15, -0.1) is 0 Å². The Balaban J connectivity index is 2.31. The SMILES string of the molecule is Cc1c(Cl)c(O)c(CCCCCCCCOCC(C)C)c(O)c1C=O. The lowest BCUT2D eigenvalue weighted by molar-refractivity contribution is 0.106. The van der Waals surface area contributed by atoms with E-state index in [0.29, 0.717) is 29.8 Å². The molecular weight excluding hydrogens is 340 g/mol. The summed E-state index contributed by atoms with van der Waals surface area (Å²) in [7, 11) is 0. The fourth-order valence-electron chi connectivity index (χ4n) is 2.79. The third-order valence-corrected chi connectivity index (χ3v) is 4.76. The van der Waals surface area contributed by atoms with E-state index in [1.165, 1.54) is 0 Å². The van der Waals surface area contributed by atoms with Crippen LogP contribution in [-0.4, -0.2) is 29.7 Å². The van der Waals surface area contributed by atoms with Crippen molar-refractivity contribution in [1.29, 1.82) is 0 Å². The average molecular weight is 371 g/mol. The second-order valence-corrected chi connectivity index (χ2v) is 7.36. The second kappa shape index (κ2) is 11.4. The fourth-order valence-corrected chi connectivity index (χ4v) is 3.01. The Morgan fingerprint density at radius 1 is 1.04 bits per heavy atom. The Labute approximate surface area is 156 Å². The summed E-state index contributed by atoms with van der Waals surface area (Å²) in [6.45, 7) is 7.56. The number of carbonyl (C=O) groups excluding carboxylic acids is 1. The first-order valence-corrected chi connectivity index (χ1v) is 9.53. The van der Waals surface area contributed by atoms with Gasteiger partial charge in [0.2, 0.25) is 0 Å². The van der Waals surface area contributed by atoms with E-state index in [0.717, 1.165) is 51.7 Å². The number of benzene rings is 1. The van der Waals surface area contributed by atoms with E-state index in [1.807, 2.05) is 0 Å². The molecule has 4 nitrogen and oxygen atoms in total. The monoisotopic (exact) mass is 370 g/mol. The third-order valence-electron chi connectivity index (χ3n) is 4.30. The maximum Gasteiger partial charge on any atom is 0.154 e. The summed E-state index contributed by atoms with van der Waals surface area (Å²) in [6.07, 6.45) is 7.43. The Kier molecular flexibility index (Phi) is 9.91. The zero-order chi connectivity index (χ0) is 18.8. The van der Waals surface area contributed by atoms with Crippen molar-refractivity contribution < 1.29 is 19.7 Å². The number of hydrogen-bond donors (Lipinski definition) is 2. The molecule has 1 aromatic carbocycles. The summed E-state index contributed by atoms with van der Waals surface area (Å²) in [5.41, 5.74) is 0.953. The van der Waals surface area contributed by atoms with Gasteiger partial charge in [0.15, 0.2) is 6.29 Å². The molecule has 0 saturated heterocycles. The van der Waals surface area contributed by atoms with Crippen LogP contribution in [0.2, 0.25) is 5.02 Å². The lowest BCUT2D eigenvalue weighted by Crippen LogP contribution is -2.02. The van der Waals surface area contributed by atoms with Crippen molar-refractivity contribution in [3.05, 3.63) is 21.7 Å². The van der Waals surface area contributed by atoms with Gasteiger partial charge in [0.25, 0.3) is 0 Å². The normalized spacial score (nSPS) is 11.2. The van der Waals surface area contributed by atoms with Gasteiger partial charge in [0, 0.05) is 18.8 Å². The number of halogens is 1. The summed E-state index contributed by atoms with van der Waals surface area (Å²) in [5.74, 6) is 0.337. The molecule has 0 aromatic heterocycles. The standard InChI is InChI=1S/C20H31ClO4/c1-14(2)13-25-11-9-7-5-4-6-8-10-16-19(23)17(12-22)15(3)18(21)20(16)24/h12,14,23-24H,4-11,13H2,1-3H3. The van der Waals surface area contributed by atoms with E-state index in [9.17, 15) is 15.0 Å². The van der Waals surface area contributed by atoms with Crippen molar-refractivity contribution in [2.75, 3.05) is 13.2 Å². The summed E-state index contributed by atoms with van der Waals surface area (Å²) < 4.78 is 5.55. The molecule has 0 aliphatic heterocycles. The number of rotatable bonds is 12. The zero-order valence-corrected chi connectivity index (χ0v) is 16.4. The number of aromatic hydroxyl groups is 2.